The highest BCUT2D eigenvalue weighted by Gasteiger charge is 2.39. The molecule has 3 heteroatoms. The Labute approximate surface area is 133 Å². The average Bonchev–Trinajstić information content (AvgIpc) is 3.20. The number of nitrogens with zero attached hydrogens (tertiary/aromatic N) is 1. The molecule has 122 valence electrons. The minimum atomic E-state index is 0. The summed E-state index contributed by atoms with van der Waals surface area (Å²) in [6, 6.07) is 0. The molecular weight excluding hydrogens is 270 g/mol. The van der Waals surface area contributed by atoms with Gasteiger partial charge in [0.2, 0.25) is 6.23 Å². The predicted molar refractivity (Wildman–Crippen MR) is 83.2 cm³/mol. The van der Waals surface area contributed by atoms with Crippen LogP contribution in [0.25, 0.3) is 0 Å². The van der Waals surface area contributed by atoms with Crippen molar-refractivity contribution in [3.63, 3.8) is 0 Å². The highest BCUT2D eigenvalue weighted by atomic mass is 35.5. The molecular formula is C17H36ClNO. The number of likely N-dealkylation sites (N-methyl/N-ethyl adjacent to an activating group) is 1. The highest BCUT2D eigenvalue weighted by Crippen LogP contribution is 2.21. The molecule has 1 heterocycles. The van der Waals surface area contributed by atoms with E-state index in [2.05, 4.69) is 21.0 Å². The summed E-state index contributed by atoms with van der Waals surface area (Å²) < 4.78 is 6.46. The third-order valence-corrected chi connectivity index (χ3v) is 4.43. The fourth-order valence-electron chi connectivity index (χ4n) is 2.77. The Hall–Kier alpha value is 0.210. The molecule has 0 N–H and O–H groups in total. The maximum absolute atomic E-state index is 5.40. The van der Waals surface area contributed by atoms with Crippen molar-refractivity contribution >= 4 is 0 Å². The van der Waals surface area contributed by atoms with Crippen molar-refractivity contribution in [3.05, 3.63) is 0 Å². The zero-order valence-electron chi connectivity index (χ0n) is 14.0. The fraction of sp³-hybridized carbons (Fsp3) is 1.00. The first-order valence-electron chi connectivity index (χ1n) is 8.61. The number of rotatable bonds is 13. The van der Waals surface area contributed by atoms with E-state index in [4.69, 9.17) is 4.74 Å². The summed E-state index contributed by atoms with van der Waals surface area (Å²) in [7, 11) is 4.60. The Morgan fingerprint density at radius 2 is 1.20 bits per heavy atom. The van der Waals surface area contributed by atoms with Crippen LogP contribution in [0.3, 0.4) is 0 Å². The van der Waals surface area contributed by atoms with Gasteiger partial charge in [-0.3, -0.25) is 0 Å². The number of quaternary nitrogens is 1. The van der Waals surface area contributed by atoms with Gasteiger partial charge in [-0.25, -0.2) is 0 Å². The van der Waals surface area contributed by atoms with Crippen molar-refractivity contribution in [2.45, 2.75) is 83.8 Å². The average molecular weight is 306 g/mol. The quantitative estimate of drug-likeness (QED) is 0.287. The molecule has 1 saturated heterocycles. The van der Waals surface area contributed by atoms with Gasteiger partial charge in [0.1, 0.15) is 6.61 Å². The van der Waals surface area contributed by atoms with Crippen LogP contribution in [0.2, 0.25) is 0 Å². The van der Waals surface area contributed by atoms with E-state index < -0.39 is 0 Å². The minimum absolute atomic E-state index is 0. The molecule has 0 aromatic rings. The summed E-state index contributed by atoms with van der Waals surface area (Å²) in [5.41, 5.74) is 0. The van der Waals surface area contributed by atoms with E-state index >= 15 is 0 Å². The molecule has 1 aliphatic heterocycles. The van der Waals surface area contributed by atoms with Crippen LogP contribution >= 0.6 is 0 Å². The summed E-state index contributed by atoms with van der Waals surface area (Å²) >= 11 is 0. The number of epoxide rings is 1. The molecule has 0 radical (unpaired) electrons. The zero-order chi connectivity index (χ0) is 14.0. The lowest BCUT2D eigenvalue weighted by Gasteiger charge is -2.27. The van der Waals surface area contributed by atoms with Gasteiger partial charge in [-0.15, -0.1) is 0 Å². The topological polar surface area (TPSA) is 12.5 Å². The van der Waals surface area contributed by atoms with Gasteiger partial charge in [-0.2, -0.15) is 0 Å². The van der Waals surface area contributed by atoms with Gasteiger partial charge in [-0.05, 0) is 12.8 Å². The van der Waals surface area contributed by atoms with E-state index in [9.17, 15) is 0 Å². The Bertz CT molecular complexity index is 217. The first kappa shape index (κ1) is 20.2. The second kappa shape index (κ2) is 11.8. The third-order valence-electron chi connectivity index (χ3n) is 4.43. The van der Waals surface area contributed by atoms with Crippen molar-refractivity contribution < 1.29 is 21.6 Å². The summed E-state index contributed by atoms with van der Waals surface area (Å²) in [5, 5.41) is 0. The minimum Gasteiger partial charge on any atom is -1.00 e. The monoisotopic (exact) mass is 305 g/mol. The summed E-state index contributed by atoms with van der Waals surface area (Å²) in [6.45, 7) is 4.54. The zero-order valence-corrected chi connectivity index (χ0v) is 14.8. The van der Waals surface area contributed by atoms with Crippen molar-refractivity contribution in [1.82, 2.24) is 0 Å². The lowest BCUT2D eigenvalue weighted by atomic mass is 10.1. The molecule has 0 aromatic carbocycles. The second-order valence-corrected chi connectivity index (χ2v) is 6.83. The van der Waals surface area contributed by atoms with Gasteiger partial charge in [0.05, 0.1) is 20.6 Å². The summed E-state index contributed by atoms with van der Waals surface area (Å²) in [5.74, 6) is 0. The highest BCUT2D eigenvalue weighted by molar-refractivity contribution is 4.57. The molecule has 1 aliphatic rings. The smallest absolute Gasteiger partial charge is 0.217 e. The van der Waals surface area contributed by atoms with Crippen LogP contribution in [-0.4, -0.2) is 38.0 Å². The Balaban J connectivity index is 0.00000361. The van der Waals surface area contributed by atoms with Crippen LogP contribution in [0.5, 0.6) is 0 Å². The fourth-order valence-corrected chi connectivity index (χ4v) is 2.77. The van der Waals surface area contributed by atoms with E-state index in [0.717, 1.165) is 11.1 Å². The number of ether oxygens (including phenoxy) is 1. The summed E-state index contributed by atoms with van der Waals surface area (Å²) in [4.78, 5) is 0. The van der Waals surface area contributed by atoms with Gasteiger partial charge in [0.15, 0.2) is 0 Å². The van der Waals surface area contributed by atoms with Crippen LogP contribution in [-0.2, 0) is 4.74 Å². The largest absolute Gasteiger partial charge is 1.00 e. The van der Waals surface area contributed by atoms with Crippen LogP contribution in [0.15, 0.2) is 0 Å². The molecule has 1 atom stereocenters. The molecule has 0 aromatic heterocycles. The van der Waals surface area contributed by atoms with E-state index in [-0.39, 0.29) is 12.4 Å². The van der Waals surface area contributed by atoms with Gasteiger partial charge < -0.3 is 21.6 Å². The number of hydrogen-bond donors (Lipinski definition) is 0. The second-order valence-electron chi connectivity index (χ2n) is 6.83. The molecule has 0 saturated carbocycles. The number of unbranched alkanes of at least 4 members (excludes halogenated alkanes) is 10. The van der Waals surface area contributed by atoms with E-state index in [0.29, 0.717) is 6.23 Å². The Morgan fingerprint density at radius 3 is 1.60 bits per heavy atom. The van der Waals surface area contributed by atoms with E-state index in [1.165, 1.54) is 77.2 Å². The molecule has 1 unspecified atom stereocenters. The normalized spacial score (nSPS) is 17.9. The van der Waals surface area contributed by atoms with E-state index in [1.54, 1.807) is 0 Å². The van der Waals surface area contributed by atoms with Crippen LogP contribution in [0.1, 0.15) is 77.6 Å². The molecule has 1 fully saturated rings. The summed E-state index contributed by atoms with van der Waals surface area (Å²) in [6.07, 6.45) is 16.2. The van der Waals surface area contributed by atoms with Gasteiger partial charge in [-0.1, -0.05) is 64.7 Å². The lowest BCUT2D eigenvalue weighted by Crippen LogP contribution is -3.00. The van der Waals surface area contributed by atoms with Crippen molar-refractivity contribution in [2.75, 3.05) is 27.2 Å². The first-order valence-corrected chi connectivity index (χ1v) is 8.61. The number of hydrogen-bond acceptors (Lipinski definition) is 1. The molecule has 0 bridgehead atoms. The van der Waals surface area contributed by atoms with Crippen LogP contribution in [0, 0.1) is 0 Å². The van der Waals surface area contributed by atoms with Crippen molar-refractivity contribution in [3.8, 4) is 0 Å². The standard InChI is InChI=1S/C17H36NO.ClH/c1-4-5-6-7-8-9-10-11-12-13-14-15-18(2,3)17-16-19-17;/h17H,4-16H2,1-3H3;1H/q+1;/p-1. The third kappa shape index (κ3) is 10.0. The molecule has 20 heavy (non-hydrogen) atoms. The number of halogens is 1. The molecule has 0 amide bonds. The lowest BCUT2D eigenvalue weighted by molar-refractivity contribution is -0.910. The van der Waals surface area contributed by atoms with Crippen molar-refractivity contribution in [1.29, 1.82) is 0 Å². The van der Waals surface area contributed by atoms with E-state index in [1.807, 2.05) is 0 Å². The molecule has 0 spiro atoms. The predicted octanol–water partition coefficient (Wildman–Crippen LogP) is 1.73. The van der Waals surface area contributed by atoms with Gasteiger partial charge in [0, 0.05) is 0 Å². The SMILES string of the molecule is CCCCCCCCCCCCC[N+](C)(C)C1CO1.[Cl-]. The molecule has 0 aliphatic carbocycles. The molecule has 1 rings (SSSR count). The molecule has 2 nitrogen and oxygen atoms in total. The van der Waals surface area contributed by atoms with Gasteiger partial charge >= 0.3 is 0 Å². The Kier molecular flexibility index (Phi) is 11.9. The maximum Gasteiger partial charge on any atom is 0.217 e. The van der Waals surface area contributed by atoms with Crippen LogP contribution < -0.4 is 12.4 Å². The van der Waals surface area contributed by atoms with Gasteiger partial charge in [0.25, 0.3) is 0 Å². The van der Waals surface area contributed by atoms with Crippen molar-refractivity contribution in [2.24, 2.45) is 0 Å². The Morgan fingerprint density at radius 1 is 0.800 bits per heavy atom. The van der Waals surface area contributed by atoms with Crippen LogP contribution in [0.4, 0.5) is 0 Å². The maximum atomic E-state index is 5.40. The first-order chi connectivity index (χ1) is 9.17.